The number of anilines is 1. The minimum Gasteiger partial charge on any atom is -0.459 e. The van der Waals surface area contributed by atoms with Crippen LogP contribution in [0.3, 0.4) is 0 Å². The van der Waals surface area contributed by atoms with Gasteiger partial charge in [-0.25, -0.2) is 4.79 Å². The molecule has 0 radical (unpaired) electrons. The van der Waals surface area contributed by atoms with Crippen molar-refractivity contribution >= 4 is 11.7 Å². The summed E-state index contributed by atoms with van der Waals surface area (Å²) in [6.07, 6.45) is -4.31. The fraction of sp³-hybridized carbons (Fsp3) is 0.417. The summed E-state index contributed by atoms with van der Waals surface area (Å²) < 4.78 is 42.5. The average molecular weight is 261 g/mol. The predicted octanol–water partition coefficient (Wildman–Crippen LogP) is 3.24. The number of hydrogen-bond acceptors (Lipinski definition) is 3. The number of carbonyl (C=O) groups excluding carboxylic acids is 1. The lowest BCUT2D eigenvalue weighted by atomic mass is 10.1. The SMILES string of the molecule is CCC(C)OC(=O)c1cc(N)cc(C(F)(F)F)c1. The molecule has 100 valence electrons. The van der Waals surface area contributed by atoms with Gasteiger partial charge in [-0.2, -0.15) is 13.2 Å². The Hall–Kier alpha value is -1.72. The van der Waals surface area contributed by atoms with Gasteiger partial charge in [0.15, 0.2) is 0 Å². The first-order chi connectivity index (χ1) is 8.24. The largest absolute Gasteiger partial charge is 0.459 e. The molecule has 0 amide bonds. The van der Waals surface area contributed by atoms with Gasteiger partial charge in [-0.15, -0.1) is 0 Å². The molecule has 0 saturated carbocycles. The van der Waals surface area contributed by atoms with E-state index < -0.39 is 17.7 Å². The highest BCUT2D eigenvalue weighted by Gasteiger charge is 2.31. The smallest absolute Gasteiger partial charge is 0.416 e. The fourth-order valence-electron chi connectivity index (χ4n) is 1.27. The third-order valence-corrected chi connectivity index (χ3v) is 2.40. The van der Waals surface area contributed by atoms with Gasteiger partial charge >= 0.3 is 12.1 Å². The third kappa shape index (κ3) is 3.65. The highest BCUT2D eigenvalue weighted by Crippen LogP contribution is 2.31. The van der Waals surface area contributed by atoms with Crippen LogP contribution < -0.4 is 5.73 Å². The van der Waals surface area contributed by atoms with Crippen LogP contribution in [0.4, 0.5) is 18.9 Å². The zero-order valence-corrected chi connectivity index (χ0v) is 10.0. The molecule has 1 rings (SSSR count). The maximum absolute atomic E-state index is 12.5. The van der Waals surface area contributed by atoms with Crippen LogP contribution in [-0.4, -0.2) is 12.1 Å². The van der Waals surface area contributed by atoms with Crippen molar-refractivity contribution in [3.05, 3.63) is 29.3 Å². The Labute approximate surface area is 103 Å². The Bertz CT molecular complexity index is 443. The van der Waals surface area contributed by atoms with Crippen LogP contribution in [0.25, 0.3) is 0 Å². The lowest BCUT2D eigenvalue weighted by Gasteiger charge is -2.13. The second-order valence-corrected chi connectivity index (χ2v) is 3.97. The molecule has 0 aromatic heterocycles. The fourth-order valence-corrected chi connectivity index (χ4v) is 1.27. The topological polar surface area (TPSA) is 52.3 Å². The van der Waals surface area contributed by atoms with E-state index in [2.05, 4.69) is 0 Å². The highest BCUT2D eigenvalue weighted by atomic mass is 19.4. The van der Waals surface area contributed by atoms with Crippen LogP contribution in [0.15, 0.2) is 18.2 Å². The summed E-state index contributed by atoms with van der Waals surface area (Å²) in [7, 11) is 0. The highest BCUT2D eigenvalue weighted by molar-refractivity contribution is 5.90. The van der Waals surface area contributed by atoms with Crippen molar-refractivity contribution in [2.24, 2.45) is 0 Å². The Kier molecular flexibility index (Phi) is 4.21. The van der Waals surface area contributed by atoms with E-state index >= 15 is 0 Å². The van der Waals surface area contributed by atoms with E-state index in [0.717, 1.165) is 12.1 Å². The van der Waals surface area contributed by atoms with E-state index in [4.69, 9.17) is 10.5 Å². The zero-order valence-electron chi connectivity index (χ0n) is 10.0. The Morgan fingerprint density at radius 2 is 2.00 bits per heavy atom. The van der Waals surface area contributed by atoms with E-state index in [1.807, 2.05) is 0 Å². The number of halogens is 3. The molecule has 1 atom stereocenters. The summed E-state index contributed by atoms with van der Waals surface area (Å²) in [5.41, 5.74) is 4.07. The number of nitrogen functional groups attached to an aromatic ring is 1. The molecule has 0 aliphatic rings. The van der Waals surface area contributed by atoms with E-state index in [1.165, 1.54) is 6.07 Å². The van der Waals surface area contributed by atoms with Gasteiger partial charge in [0.1, 0.15) is 0 Å². The van der Waals surface area contributed by atoms with Gasteiger partial charge in [0.2, 0.25) is 0 Å². The lowest BCUT2D eigenvalue weighted by molar-refractivity contribution is -0.137. The Balaban J connectivity index is 3.03. The Morgan fingerprint density at radius 3 is 2.50 bits per heavy atom. The van der Waals surface area contributed by atoms with Gasteiger partial charge in [-0.3, -0.25) is 0 Å². The Morgan fingerprint density at radius 1 is 1.39 bits per heavy atom. The van der Waals surface area contributed by atoms with Gasteiger partial charge < -0.3 is 10.5 Å². The van der Waals surface area contributed by atoms with Gasteiger partial charge in [0.25, 0.3) is 0 Å². The lowest BCUT2D eigenvalue weighted by Crippen LogP contribution is -2.15. The first kappa shape index (κ1) is 14.3. The number of ether oxygens (including phenoxy) is 1. The third-order valence-electron chi connectivity index (χ3n) is 2.40. The summed E-state index contributed by atoms with van der Waals surface area (Å²) in [4.78, 5) is 11.6. The number of carbonyl (C=O) groups is 1. The maximum atomic E-state index is 12.5. The van der Waals surface area contributed by atoms with Crippen LogP contribution in [-0.2, 0) is 10.9 Å². The van der Waals surface area contributed by atoms with Gasteiger partial charge in [-0.1, -0.05) is 6.92 Å². The van der Waals surface area contributed by atoms with Crippen LogP contribution in [0, 0.1) is 0 Å². The molecule has 0 heterocycles. The molecule has 1 unspecified atom stereocenters. The number of hydrogen-bond donors (Lipinski definition) is 1. The number of alkyl halides is 3. The van der Waals surface area contributed by atoms with E-state index in [0.29, 0.717) is 6.42 Å². The summed E-state index contributed by atoms with van der Waals surface area (Å²) in [6.45, 7) is 3.47. The van der Waals surface area contributed by atoms with Gasteiger partial charge in [-0.05, 0) is 31.5 Å². The molecular formula is C12H14F3NO2. The number of nitrogens with two attached hydrogens (primary N) is 1. The van der Waals surface area contributed by atoms with Crippen molar-refractivity contribution in [1.29, 1.82) is 0 Å². The molecule has 2 N–H and O–H groups in total. The first-order valence-corrected chi connectivity index (χ1v) is 5.42. The van der Waals surface area contributed by atoms with Gasteiger partial charge in [0, 0.05) is 5.69 Å². The summed E-state index contributed by atoms with van der Waals surface area (Å²) in [6, 6.07) is 2.68. The molecule has 18 heavy (non-hydrogen) atoms. The molecule has 0 bridgehead atoms. The standard InChI is InChI=1S/C12H14F3NO2/c1-3-7(2)18-11(17)8-4-9(12(13,14)15)6-10(16)5-8/h4-7H,3,16H2,1-2H3. The monoisotopic (exact) mass is 261 g/mol. The van der Waals surface area contributed by atoms with Crippen molar-refractivity contribution in [2.45, 2.75) is 32.5 Å². The quantitative estimate of drug-likeness (QED) is 0.671. The minimum atomic E-state index is -4.54. The van der Waals surface area contributed by atoms with Crippen LogP contribution in [0.5, 0.6) is 0 Å². The second kappa shape index (κ2) is 5.29. The number of rotatable bonds is 3. The molecule has 6 heteroatoms. The molecular weight excluding hydrogens is 247 g/mol. The van der Waals surface area contributed by atoms with Crippen molar-refractivity contribution in [3.63, 3.8) is 0 Å². The molecule has 0 aliphatic heterocycles. The first-order valence-electron chi connectivity index (χ1n) is 5.42. The van der Waals surface area contributed by atoms with E-state index in [9.17, 15) is 18.0 Å². The van der Waals surface area contributed by atoms with Crippen LogP contribution in [0.2, 0.25) is 0 Å². The van der Waals surface area contributed by atoms with Crippen molar-refractivity contribution in [2.75, 3.05) is 5.73 Å². The maximum Gasteiger partial charge on any atom is 0.416 e. The molecule has 1 aromatic rings. The van der Waals surface area contributed by atoms with Crippen molar-refractivity contribution in [1.82, 2.24) is 0 Å². The van der Waals surface area contributed by atoms with Crippen LogP contribution >= 0.6 is 0 Å². The molecule has 0 aliphatic carbocycles. The van der Waals surface area contributed by atoms with E-state index in [1.54, 1.807) is 13.8 Å². The molecule has 0 spiro atoms. The zero-order chi connectivity index (χ0) is 13.9. The summed E-state index contributed by atoms with van der Waals surface area (Å²) in [5.74, 6) is -0.804. The summed E-state index contributed by atoms with van der Waals surface area (Å²) in [5, 5.41) is 0. The van der Waals surface area contributed by atoms with Crippen molar-refractivity contribution in [3.8, 4) is 0 Å². The molecule has 1 aromatic carbocycles. The van der Waals surface area contributed by atoms with Crippen LogP contribution in [0.1, 0.15) is 36.2 Å². The predicted molar refractivity (Wildman–Crippen MR) is 61.0 cm³/mol. The minimum absolute atomic E-state index is 0.124. The summed E-state index contributed by atoms with van der Waals surface area (Å²) >= 11 is 0. The van der Waals surface area contributed by atoms with Crippen molar-refractivity contribution < 1.29 is 22.7 Å². The van der Waals surface area contributed by atoms with Gasteiger partial charge in [0.05, 0.1) is 17.2 Å². The number of benzene rings is 1. The molecule has 0 saturated heterocycles. The second-order valence-electron chi connectivity index (χ2n) is 3.97. The number of esters is 1. The molecule has 3 nitrogen and oxygen atoms in total. The molecule has 0 fully saturated rings. The normalized spacial score (nSPS) is 13.2. The van der Waals surface area contributed by atoms with E-state index in [-0.39, 0.29) is 17.4 Å². The average Bonchev–Trinajstić information content (AvgIpc) is 2.26.